The van der Waals surface area contributed by atoms with Crippen molar-refractivity contribution in [3.63, 3.8) is 0 Å². The highest BCUT2D eigenvalue weighted by Gasteiger charge is 2.40. The van der Waals surface area contributed by atoms with E-state index in [1.54, 1.807) is 4.90 Å². The fraction of sp³-hybridized carbons (Fsp3) is 0.591. The van der Waals surface area contributed by atoms with E-state index in [9.17, 15) is 9.90 Å². The molecule has 1 fully saturated rings. The monoisotopic (exact) mass is 359 g/mol. The van der Waals surface area contributed by atoms with Gasteiger partial charge in [-0.3, -0.25) is 4.90 Å². The Balaban J connectivity index is 1.95. The molecule has 1 saturated heterocycles. The average Bonchev–Trinajstić information content (AvgIpc) is 3.08. The van der Waals surface area contributed by atoms with E-state index in [2.05, 4.69) is 13.5 Å². The van der Waals surface area contributed by atoms with Crippen LogP contribution in [0.5, 0.6) is 0 Å². The third kappa shape index (κ3) is 5.87. The Labute approximate surface area is 157 Å². The Morgan fingerprint density at radius 1 is 1.31 bits per heavy atom. The van der Waals surface area contributed by atoms with Crippen LogP contribution in [0.25, 0.3) is 0 Å². The molecule has 1 N–H and O–H groups in total. The minimum atomic E-state index is -0.481. The lowest BCUT2D eigenvalue weighted by molar-refractivity contribution is 0.0314. The van der Waals surface area contributed by atoms with Crippen LogP contribution in [-0.4, -0.2) is 34.3 Å². The molecular weight excluding hydrogens is 326 g/mol. The zero-order valence-electron chi connectivity index (χ0n) is 16.0. The zero-order chi connectivity index (χ0) is 18.8. The van der Waals surface area contributed by atoms with Crippen molar-refractivity contribution in [2.24, 2.45) is 0 Å². The first kappa shape index (κ1) is 20.5. The molecule has 2 rings (SSSR count). The Bertz CT molecular complexity index is 546. The van der Waals surface area contributed by atoms with E-state index in [0.717, 1.165) is 44.1 Å². The molecule has 0 spiro atoms. The van der Waals surface area contributed by atoms with Gasteiger partial charge in [-0.25, -0.2) is 4.79 Å². The van der Waals surface area contributed by atoms with Gasteiger partial charge in [0.05, 0.1) is 12.1 Å². The summed E-state index contributed by atoms with van der Waals surface area (Å²) in [7, 11) is 0. The molecule has 1 aliphatic heterocycles. The number of ether oxygens (including phenoxy) is 1. The summed E-state index contributed by atoms with van der Waals surface area (Å²) in [5.41, 5.74) is 0.969. The highest BCUT2D eigenvalue weighted by Crippen LogP contribution is 2.31. The summed E-state index contributed by atoms with van der Waals surface area (Å²) in [5.74, 6) is 0. The highest BCUT2D eigenvalue weighted by molar-refractivity contribution is 5.69. The van der Waals surface area contributed by atoms with Gasteiger partial charge in [0.25, 0.3) is 0 Å². The van der Waals surface area contributed by atoms with Gasteiger partial charge in [0.15, 0.2) is 0 Å². The van der Waals surface area contributed by atoms with Gasteiger partial charge in [-0.15, -0.1) is 6.58 Å². The molecule has 144 valence electrons. The average molecular weight is 360 g/mol. The second-order valence-electron chi connectivity index (χ2n) is 7.19. The second kappa shape index (κ2) is 11.0. The van der Waals surface area contributed by atoms with Gasteiger partial charge in [0.1, 0.15) is 6.61 Å². The van der Waals surface area contributed by atoms with E-state index in [1.807, 2.05) is 36.4 Å². The van der Waals surface area contributed by atoms with Crippen molar-refractivity contribution in [2.75, 3.05) is 0 Å². The van der Waals surface area contributed by atoms with E-state index >= 15 is 0 Å². The molecular formula is C22H33NO3. The molecule has 1 aromatic rings. The van der Waals surface area contributed by atoms with Crippen LogP contribution < -0.4 is 0 Å². The predicted molar refractivity (Wildman–Crippen MR) is 105 cm³/mol. The van der Waals surface area contributed by atoms with Crippen LogP contribution in [0, 0.1) is 0 Å². The molecule has 0 aromatic heterocycles. The first-order valence-corrected chi connectivity index (χ1v) is 9.95. The Morgan fingerprint density at radius 2 is 2.08 bits per heavy atom. The molecule has 0 unspecified atom stereocenters. The third-order valence-corrected chi connectivity index (χ3v) is 5.20. The number of carbonyl (C=O) groups is 1. The van der Waals surface area contributed by atoms with Crippen molar-refractivity contribution in [3.05, 3.63) is 48.6 Å². The molecule has 0 radical (unpaired) electrons. The molecule has 3 atom stereocenters. The van der Waals surface area contributed by atoms with E-state index in [4.69, 9.17) is 4.74 Å². The maximum Gasteiger partial charge on any atom is 0.410 e. The first-order chi connectivity index (χ1) is 12.7. The van der Waals surface area contributed by atoms with Crippen molar-refractivity contribution in [2.45, 2.75) is 83.1 Å². The van der Waals surface area contributed by atoms with Crippen LogP contribution in [0.3, 0.4) is 0 Å². The molecule has 1 aliphatic rings. The molecule has 26 heavy (non-hydrogen) atoms. The minimum Gasteiger partial charge on any atom is -0.445 e. The highest BCUT2D eigenvalue weighted by atomic mass is 16.6. The van der Waals surface area contributed by atoms with Gasteiger partial charge in [-0.2, -0.15) is 0 Å². The van der Waals surface area contributed by atoms with Gasteiger partial charge in [-0.1, -0.05) is 69.0 Å². The summed E-state index contributed by atoms with van der Waals surface area (Å²) in [4.78, 5) is 14.5. The number of carbonyl (C=O) groups excluding carboxylic acids is 1. The summed E-state index contributed by atoms with van der Waals surface area (Å²) in [5, 5.41) is 10.7. The van der Waals surface area contributed by atoms with Crippen LogP contribution in [-0.2, 0) is 11.3 Å². The molecule has 0 aliphatic carbocycles. The van der Waals surface area contributed by atoms with Crippen molar-refractivity contribution < 1.29 is 14.6 Å². The summed E-state index contributed by atoms with van der Waals surface area (Å²) >= 11 is 0. The summed E-state index contributed by atoms with van der Waals surface area (Å²) in [6.45, 7) is 6.25. The third-order valence-electron chi connectivity index (χ3n) is 5.20. The van der Waals surface area contributed by atoms with Crippen LogP contribution >= 0.6 is 0 Å². The normalized spacial score (nSPS) is 20.8. The molecule has 1 heterocycles. The van der Waals surface area contributed by atoms with E-state index in [1.165, 1.54) is 12.8 Å². The topological polar surface area (TPSA) is 49.8 Å². The number of amides is 1. The largest absolute Gasteiger partial charge is 0.445 e. The quantitative estimate of drug-likeness (QED) is 0.469. The van der Waals surface area contributed by atoms with Gasteiger partial charge in [-0.05, 0) is 31.2 Å². The molecule has 1 aromatic carbocycles. The Kier molecular flexibility index (Phi) is 8.69. The zero-order valence-corrected chi connectivity index (χ0v) is 16.0. The van der Waals surface area contributed by atoms with Gasteiger partial charge in [0, 0.05) is 6.04 Å². The fourth-order valence-corrected chi connectivity index (χ4v) is 3.76. The van der Waals surface area contributed by atoms with Crippen molar-refractivity contribution in [3.8, 4) is 0 Å². The lowest BCUT2D eigenvalue weighted by Crippen LogP contribution is -2.46. The number of likely N-dealkylation sites (tertiary alicyclic amines) is 1. The second-order valence-corrected chi connectivity index (χ2v) is 7.19. The number of nitrogens with zero attached hydrogens (tertiary/aromatic N) is 1. The molecule has 0 bridgehead atoms. The van der Waals surface area contributed by atoms with Gasteiger partial charge in [0.2, 0.25) is 0 Å². The van der Waals surface area contributed by atoms with Crippen molar-refractivity contribution >= 4 is 6.09 Å². The molecule has 1 amide bonds. The molecule has 4 heteroatoms. The van der Waals surface area contributed by atoms with Crippen LogP contribution in [0.2, 0.25) is 0 Å². The summed E-state index contributed by atoms with van der Waals surface area (Å²) in [6.07, 6.45) is 8.75. The van der Waals surface area contributed by atoms with Crippen LogP contribution in [0.1, 0.15) is 63.9 Å². The summed E-state index contributed by atoms with van der Waals surface area (Å²) in [6, 6.07) is 9.62. The Morgan fingerprint density at radius 3 is 2.77 bits per heavy atom. The first-order valence-electron chi connectivity index (χ1n) is 9.95. The number of rotatable bonds is 10. The van der Waals surface area contributed by atoms with E-state index < -0.39 is 6.10 Å². The number of benzene rings is 1. The fourth-order valence-electron chi connectivity index (χ4n) is 3.76. The number of hydrogen-bond acceptors (Lipinski definition) is 3. The standard InChI is InChI=1S/C22H33NO3/c1-3-5-6-10-14-21(24)20-16-15-19(11-4-2)23(20)22(25)26-17-18-12-8-7-9-13-18/h4,7-9,12-13,19-21,24H,2-3,5-6,10-11,14-17H2,1H3/t19-,20-,21+/m0/s1. The molecule has 4 nitrogen and oxygen atoms in total. The van der Waals surface area contributed by atoms with E-state index in [0.29, 0.717) is 0 Å². The SMILES string of the molecule is C=CC[C@H]1CC[C@@H]([C@H](O)CCCCCC)N1C(=O)OCc1ccccc1. The van der Waals surface area contributed by atoms with Gasteiger partial charge >= 0.3 is 6.09 Å². The maximum absolute atomic E-state index is 12.8. The predicted octanol–water partition coefficient (Wildman–Crippen LogP) is 5.06. The smallest absolute Gasteiger partial charge is 0.410 e. The molecule has 0 saturated carbocycles. The minimum absolute atomic E-state index is 0.0751. The number of unbranched alkanes of at least 4 members (excludes halogenated alkanes) is 3. The van der Waals surface area contributed by atoms with Crippen molar-refractivity contribution in [1.82, 2.24) is 4.90 Å². The summed E-state index contributed by atoms with van der Waals surface area (Å²) < 4.78 is 5.55. The number of hydrogen-bond donors (Lipinski definition) is 1. The Hall–Kier alpha value is -1.81. The maximum atomic E-state index is 12.8. The van der Waals surface area contributed by atoms with Crippen LogP contribution in [0.4, 0.5) is 4.79 Å². The number of aliphatic hydroxyl groups is 1. The lowest BCUT2D eigenvalue weighted by Gasteiger charge is -2.32. The van der Waals surface area contributed by atoms with Crippen LogP contribution in [0.15, 0.2) is 43.0 Å². The lowest BCUT2D eigenvalue weighted by atomic mass is 10.0. The van der Waals surface area contributed by atoms with E-state index in [-0.39, 0.29) is 24.8 Å². The number of aliphatic hydroxyl groups excluding tert-OH is 1. The van der Waals surface area contributed by atoms with Crippen molar-refractivity contribution in [1.29, 1.82) is 0 Å². The van der Waals surface area contributed by atoms with Gasteiger partial charge < -0.3 is 9.84 Å².